The molecule has 3 N–H and O–H groups in total. The lowest BCUT2D eigenvalue weighted by Crippen LogP contribution is -2.23. The van der Waals surface area contributed by atoms with E-state index in [0.717, 1.165) is 0 Å². The third kappa shape index (κ3) is 2.35. The largest absolute Gasteiger partial charge is 0.456 e. The van der Waals surface area contributed by atoms with Gasteiger partial charge in [-0.1, -0.05) is 0 Å². The minimum absolute atomic E-state index is 0.362. The lowest BCUT2D eigenvalue weighted by Gasteiger charge is -2.19. The number of nitrogens with zero attached hydrogens (tertiary/aromatic N) is 2. The van der Waals surface area contributed by atoms with Gasteiger partial charge in [-0.2, -0.15) is 5.10 Å². The lowest BCUT2D eigenvalue weighted by molar-refractivity contribution is 0.00693. The van der Waals surface area contributed by atoms with Crippen LogP contribution < -0.4 is 5.73 Å². The van der Waals surface area contributed by atoms with Crippen LogP contribution in [0, 0.1) is 0 Å². The zero-order chi connectivity index (χ0) is 12.6. The van der Waals surface area contributed by atoms with Gasteiger partial charge in [-0.3, -0.25) is 5.10 Å². The van der Waals surface area contributed by atoms with Gasteiger partial charge in [0.15, 0.2) is 5.65 Å². The van der Waals surface area contributed by atoms with Crippen LogP contribution in [0.25, 0.3) is 11.0 Å². The van der Waals surface area contributed by atoms with Crippen LogP contribution in [0.2, 0.25) is 0 Å². The molecule has 0 radical (unpaired) electrons. The first-order valence-electron chi connectivity index (χ1n) is 5.20. The van der Waals surface area contributed by atoms with Crippen molar-refractivity contribution in [1.82, 2.24) is 15.2 Å². The number of ether oxygens (including phenoxy) is 1. The van der Waals surface area contributed by atoms with Crippen molar-refractivity contribution in [3.05, 3.63) is 17.8 Å². The molecule has 0 aliphatic heterocycles. The average Bonchev–Trinajstić information content (AvgIpc) is 2.57. The molecule has 17 heavy (non-hydrogen) atoms. The normalized spacial score (nSPS) is 11.7. The van der Waals surface area contributed by atoms with Crippen LogP contribution in [0.3, 0.4) is 0 Å². The summed E-state index contributed by atoms with van der Waals surface area (Å²) in [5, 5.41) is 7.10. The molecule has 0 amide bonds. The molecule has 2 aromatic heterocycles. The number of hydrogen-bond acceptors (Lipinski definition) is 5. The predicted molar refractivity (Wildman–Crippen MR) is 63.5 cm³/mol. The van der Waals surface area contributed by atoms with E-state index in [1.807, 2.05) is 20.8 Å². The molecule has 0 spiro atoms. The van der Waals surface area contributed by atoms with E-state index in [2.05, 4.69) is 15.2 Å². The van der Waals surface area contributed by atoms with Gasteiger partial charge in [-0.05, 0) is 26.8 Å². The number of H-pyrrole nitrogens is 1. The fourth-order valence-corrected chi connectivity index (χ4v) is 1.37. The van der Waals surface area contributed by atoms with Gasteiger partial charge in [0.2, 0.25) is 0 Å². The van der Waals surface area contributed by atoms with Crippen LogP contribution in [-0.4, -0.2) is 26.8 Å². The van der Waals surface area contributed by atoms with Crippen molar-refractivity contribution in [2.45, 2.75) is 26.4 Å². The number of carbonyl (C=O) groups excluding carboxylic acids is 1. The topological polar surface area (TPSA) is 93.9 Å². The number of pyridine rings is 1. The van der Waals surface area contributed by atoms with E-state index in [9.17, 15) is 4.79 Å². The van der Waals surface area contributed by atoms with Crippen molar-refractivity contribution in [3.8, 4) is 0 Å². The average molecular weight is 234 g/mol. The summed E-state index contributed by atoms with van der Waals surface area (Å²) in [5.74, 6) is -0.0367. The van der Waals surface area contributed by atoms with Crippen LogP contribution in [0.4, 0.5) is 5.82 Å². The molecule has 0 aliphatic carbocycles. The van der Waals surface area contributed by atoms with E-state index in [1.165, 1.54) is 6.20 Å². The molecule has 0 aromatic carbocycles. The Morgan fingerprint density at radius 3 is 2.82 bits per heavy atom. The molecule has 6 nitrogen and oxygen atoms in total. The molecule has 2 heterocycles. The SMILES string of the molecule is CC(C)(C)OC(=O)c1cnc2n[nH]c(N)c2c1. The highest BCUT2D eigenvalue weighted by atomic mass is 16.6. The van der Waals surface area contributed by atoms with Crippen LogP contribution in [0.15, 0.2) is 12.3 Å². The first kappa shape index (κ1) is 11.4. The highest BCUT2D eigenvalue weighted by molar-refractivity contribution is 5.95. The van der Waals surface area contributed by atoms with Gasteiger partial charge in [0.05, 0.1) is 10.9 Å². The van der Waals surface area contributed by atoms with Crippen molar-refractivity contribution >= 4 is 22.8 Å². The lowest BCUT2D eigenvalue weighted by atomic mass is 10.2. The maximum Gasteiger partial charge on any atom is 0.340 e. The Labute approximate surface area is 98.2 Å². The molecule has 0 aliphatic rings. The molecule has 0 saturated carbocycles. The molecule has 0 unspecified atom stereocenters. The van der Waals surface area contributed by atoms with Crippen LogP contribution in [-0.2, 0) is 4.74 Å². The van der Waals surface area contributed by atoms with Crippen molar-refractivity contribution in [2.24, 2.45) is 0 Å². The third-order valence-electron chi connectivity index (χ3n) is 2.07. The summed E-state index contributed by atoms with van der Waals surface area (Å²) in [6, 6.07) is 1.62. The summed E-state index contributed by atoms with van der Waals surface area (Å²) in [4.78, 5) is 15.8. The fourth-order valence-electron chi connectivity index (χ4n) is 1.37. The number of aromatic nitrogens is 3. The highest BCUT2D eigenvalue weighted by Crippen LogP contribution is 2.18. The number of hydrogen-bond donors (Lipinski definition) is 2. The molecule has 0 fully saturated rings. The van der Waals surface area contributed by atoms with E-state index in [4.69, 9.17) is 10.5 Å². The highest BCUT2D eigenvalue weighted by Gasteiger charge is 2.19. The van der Waals surface area contributed by atoms with E-state index < -0.39 is 11.6 Å². The number of carbonyl (C=O) groups is 1. The Hall–Kier alpha value is -2.11. The van der Waals surface area contributed by atoms with Crippen molar-refractivity contribution < 1.29 is 9.53 Å². The second kappa shape index (κ2) is 3.73. The molecule has 0 saturated heterocycles. The summed E-state index contributed by atoms with van der Waals surface area (Å²) in [6.45, 7) is 5.43. The minimum atomic E-state index is -0.534. The zero-order valence-electron chi connectivity index (χ0n) is 9.94. The maximum atomic E-state index is 11.8. The Balaban J connectivity index is 2.36. The first-order chi connectivity index (χ1) is 7.87. The van der Waals surface area contributed by atoms with Gasteiger partial charge in [0.1, 0.15) is 11.4 Å². The van der Waals surface area contributed by atoms with E-state index in [-0.39, 0.29) is 0 Å². The minimum Gasteiger partial charge on any atom is -0.456 e. The number of esters is 1. The number of aromatic amines is 1. The number of nitrogens with one attached hydrogen (secondary N) is 1. The summed E-state index contributed by atoms with van der Waals surface area (Å²) >= 11 is 0. The monoisotopic (exact) mass is 234 g/mol. The van der Waals surface area contributed by atoms with E-state index >= 15 is 0 Å². The van der Waals surface area contributed by atoms with Crippen LogP contribution in [0.5, 0.6) is 0 Å². The van der Waals surface area contributed by atoms with Gasteiger partial charge in [0, 0.05) is 6.20 Å². The Bertz CT molecular complexity index is 568. The fraction of sp³-hybridized carbons (Fsp3) is 0.364. The van der Waals surface area contributed by atoms with Gasteiger partial charge in [-0.25, -0.2) is 9.78 Å². The molecular weight excluding hydrogens is 220 g/mol. The zero-order valence-corrected chi connectivity index (χ0v) is 9.94. The number of rotatable bonds is 1. The second-order valence-corrected chi connectivity index (χ2v) is 4.73. The predicted octanol–water partition coefficient (Wildman–Crippen LogP) is 1.50. The maximum absolute atomic E-state index is 11.8. The summed E-state index contributed by atoms with van der Waals surface area (Å²) in [5.41, 5.74) is 5.97. The number of nitrogen functional groups attached to an aromatic ring is 1. The second-order valence-electron chi connectivity index (χ2n) is 4.73. The van der Waals surface area contributed by atoms with Gasteiger partial charge in [-0.15, -0.1) is 0 Å². The van der Waals surface area contributed by atoms with Crippen molar-refractivity contribution in [1.29, 1.82) is 0 Å². The van der Waals surface area contributed by atoms with Crippen molar-refractivity contribution in [2.75, 3.05) is 5.73 Å². The third-order valence-corrected chi connectivity index (χ3v) is 2.07. The Morgan fingerprint density at radius 1 is 1.47 bits per heavy atom. The standard InChI is InChI=1S/C11H14N4O2/c1-11(2,3)17-10(16)6-4-7-8(12)14-15-9(7)13-5-6/h4-5H,1-3H3,(H3,12,13,14,15). The summed E-state index contributed by atoms with van der Waals surface area (Å²) in [7, 11) is 0. The molecule has 0 bridgehead atoms. The van der Waals surface area contributed by atoms with Gasteiger partial charge < -0.3 is 10.5 Å². The molecule has 6 heteroatoms. The smallest absolute Gasteiger partial charge is 0.340 e. The molecule has 90 valence electrons. The van der Waals surface area contributed by atoms with E-state index in [0.29, 0.717) is 22.4 Å². The van der Waals surface area contributed by atoms with E-state index in [1.54, 1.807) is 6.07 Å². The molecular formula is C11H14N4O2. The quantitative estimate of drug-likeness (QED) is 0.729. The molecule has 0 atom stereocenters. The first-order valence-corrected chi connectivity index (χ1v) is 5.20. The number of fused-ring (bicyclic) bond motifs is 1. The molecule has 2 aromatic rings. The Kier molecular flexibility index (Phi) is 2.49. The Morgan fingerprint density at radius 2 is 2.18 bits per heavy atom. The number of nitrogens with two attached hydrogens (primary N) is 1. The number of anilines is 1. The van der Waals surface area contributed by atoms with Gasteiger partial charge in [0.25, 0.3) is 0 Å². The van der Waals surface area contributed by atoms with Crippen LogP contribution in [0.1, 0.15) is 31.1 Å². The van der Waals surface area contributed by atoms with Crippen LogP contribution >= 0.6 is 0 Å². The summed E-state index contributed by atoms with van der Waals surface area (Å²) in [6.07, 6.45) is 1.43. The molecule has 2 rings (SSSR count). The van der Waals surface area contributed by atoms with Crippen molar-refractivity contribution in [3.63, 3.8) is 0 Å². The van der Waals surface area contributed by atoms with Gasteiger partial charge >= 0.3 is 5.97 Å². The summed E-state index contributed by atoms with van der Waals surface area (Å²) < 4.78 is 5.24.